The number of carbonyl (C=O) groups excluding carboxylic acids is 1. The summed E-state index contributed by atoms with van der Waals surface area (Å²) in [5.41, 5.74) is 0. The average Bonchev–Trinajstić information content (AvgIpc) is 1.62. The molecule has 0 rings (SSSR count). The van der Waals surface area contributed by atoms with Gasteiger partial charge in [-0.15, -0.1) is 0 Å². The number of carbonyl (C=O) groups is 1. The predicted octanol–water partition coefficient (Wildman–Crippen LogP) is -0.744. The van der Waals surface area contributed by atoms with Crippen molar-refractivity contribution >= 4 is 14.0 Å². The molecule has 0 aliphatic heterocycles. The lowest BCUT2D eigenvalue weighted by Gasteiger charge is -2.06. The molecule has 3 N–H and O–H groups in total. The highest BCUT2D eigenvalue weighted by Crippen LogP contribution is 2.28. The van der Waals surface area contributed by atoms with Crippen molar-refractivity contribution in [1.29, 1.82) is 0 Å². The molecule has 0 spiro atoms. The van der Waals surface area contributed by atoms with Crippen LogP contribution in [0.2, 0.25) is 0 Å². The molecule has 0 radical (unpaired) electrons. The minimum atomic E-state index is -4.22. The molecule has 0 heterocycles. The van der Waals surface area contributed by atoms with Gasteiger partial charge in [0, 0.05) is 0 Å². The van der Waals surface area contributed by atoms with E-state index >= 15 is 0 Å². The first kappa shape index (κ1) is 8.78. The fraction of sp³-hybridized carbons (Fsp3) is 0.667. The Balaban J connectivity index is 3.74. The smallest absolute Gasteiger partial charge is 0.313 e. The van der Waals surface area contributed by atoms with E-state index in [2.05, 4.69) is 0 Å². The van der Waals surface area contributed by atoms with E-state index in [1.807, 2.05) is 0 Å². The summed E-state index contributed by atoms with van der Waals surface area (Å²) in [6.07, 6.45) is 0.416. The fourth-order valence-electron chi connectivity index (χ4n) is 0.296. The summed E-state index contributed by atoms with van der Waals surface area (Å²) in [6.45, 7) is 1.35. The average molecular weight is 153 g/mol. The van der Waals surface area contributed by atoms with Crippen LogP contribution in [-0.4, -0.2) is 22.1 Å². The molecule has 0 aromatic heterocycles. The summed E-state index contributed by atoms with van der Waals surface area (Å²) >= 11 is 0. The molecule has 0 saturated heterocycles. The van der Waals surface area contributed by atoms with E-state index in [4.69, 9.17) is 9.79 Å². The summed E-state index contributed by atoms with van der Waals surface area (Å²) in [7, 11) is -4.22. The lowest BCUT2D eigenvalue weighted by Crippen LogP contribution is -2.23. The van der Waals surface area contributed by atoms with Crippen molar-refractivity contribution < 1.29 is 19.1 Å². The van der Waals surface area contributed by atoms with Crippen molar-refractivity contribution in [3.63, 3.8) is 0 Å². The van der Waals surface area contributed by atoms with E-state index in [1.54, 1.807) is 5.09 Å². The van der Waals surface area contributed by atoms with Crippen LogP contribution in [-0.2, 0) is 9.36 Å². The maximum absolute atomic E-state index is 10.0. The van der Waals surface area contributed by atoms with Crippen LogP contribution >= 0.6 is 7.75 Å². The summed E-state index contributed by atoms with van der Waals surface area (Å²) in [5.74, 6) is 0. The second-order valence-corrected chi connectivity index (χ2v) is 2.94. The highest BCUT2D eigenvalue weighted by atomic mass is 31.2. The highest BCUT2D eigenvalue weighted by molar-refractivity contribution is 7.49. The van der Waals surface area contributed by atoms with Crippen LogP contribution in [0.5, 0.6) is 0 Å². The molecule has 0 aromatic rings. The molecule has 9 heavy (non-hydrogen) atoms. The first-order valence-electron chi connectivity index (χ1n) is 2.24. The van der Waals surface area contributed by atoms with E-state index < -0.39 is 13.8 Å². The second-order valence-electron chi connectivity index (χ2n) is 1.60. The molecule has 54 valence electrons. The van der Waals surface area contributed by atoms with Gasteiger partial charge in [-0.1, -0.05) is 0 Å². The second kappa shape index (κ2) is 3.08. The molecule has 6 heteroatoms. The Kier molecular flexibility index (Phi) is 3.00. The third-order valence-corrected chi connectivity index (χ3v) is 1.32. The fourth-order valence-corrected chi connectivity index (χ4v) is 0.887. The van der Waals surface area contributed by atoms with E-state index in [1.165, 1.54) is 6.92 Å². The largest absolute Gasteiger partial charge is 0.400 e. The van der Waals surface area contributed by atoms with E-state index in [-0.39, 0.29) is 0 Å². The SMILES string of the molecule is CC(C=O)NP(=O)(O)O. The van der Waals surface area contributed by atoms with Gasteiger partial charge >= 0.3 is 7.75 Å². The minimum Gasteiger partial charge on any atom is -0.313 e. The van der Waals surface area contributed by atoms with Gasteiger partial charge in [0.2, 0.25) is 0 Å². The molecule has 5 nitrogen and oxygen atoms in total. The Morgan fingerprint density at radius 2 is 2.11 bits per heavy atom. The molecule has 0 bridgehead atoms. The van der Waals surface area contributed by atoms with Gasteiger partial charge in [-0.3, -0.25) is 0 Å². The van der Waals surface area contributed by atoms with Gasteiger partial charge in [-0.2, -0.15) is 0 Å². The quantitative estimate of drug-likeness (QED) is 0.367. The van der Waals surface area contributed by atoms with Crippen LogP contribution in [0, 0.1) is 0 Å². The van der Waals surface area contributed by atoms with Gasteiger partial charge in [-0.25, -0.2) is 9.65 Å². The van der Waals surface area contributed by atoms with Crippen molar-refractivity contribution in [2.24, 2.45) is 0 Å². The van der Waals surface area contributed by atoms with E-state index in [0.29, 0.717) is 6.29 Å². The summed E-state index contributed by atoms with van der Waals surface area (Å²) in [4.78, 5) is 26.1. The first-order valence-corrected chi connectivity index (χ1v) is 3.85. The number of hydrogen-bond donors (Lipinski definition) is 3. The van der Waals surface area contributed by atoms with Crippen LogP contribution < -0.4 is 5.09 Å². The number of aldehydes is 1. The monoisotopic (exact) mass is 153 g/mol. The third-order valence-electron chi connectivity index (χ3n) is 0.576. The van der Waals surface area contributed by atoms with Crippen molar-refractivity contribution in [2.45, 2.75) is 13.0 Å². The van der Waals surface area contributed by atoms with Crippen LogP contribution in [0.25, 0.3) is 0 Å². The van der Waals surface area contributed by atoms with Gasteiger partial charge in [-0.05, 0) is 6.92 Å². The van der Waals surface area contributed by atoms with Crippen molar-refractivity contribution in [3.05, 3.63) is 0 Å². The summed E-state index contributed by atoms with van der Waals surface area (Å²) in [6, 6.07) is -0.800. The van der Waals surface area contributed by atoms with Gasteiger partial charge in [0.15, 0.2) is 0 Å². The molecule has 0 aliphatic carbocycles. The Morgan fingerprint density at radius 1 is 1.67 bits per heavy atom. The Bertz CT molecular complexity index is 141. The van der Waals surface area contributed by atoms with Crippen molar-refractivity contribution in [2.75, 3.05) is 0 Å². The van der Waals surface area contributed by atoms with E-state index in [0.717, 1.165) is 0 Å². The first-order chi connectivity index (χ1) is 3.95. The molecule has 0 aliphatic rings. The third kappa shape index (κ3) is 5.65. The normalized spacial score (nSPS) is 15.0. The van der Waals surface area contributed by atoms with Crippen LogP contribution in [0.4, 0.5) is 0 Å². The van der Waals surface area contributed by atoms with E-state index in [9.17, 15) is 9.36 Å². The molecule has 1 unspecified atom stereocenters. The lowest BCUT2D eigenvalue weighted by atomic mass is 10.4. The topological polar surface area (TPSA) is 86.6 Å². The van der Waals surface area contributed by atoms with Crippen molar-refractivity contribution in [3.8, 4) is 0 Å². The number of hydrogen-bond acceptors (Lipinski definition) is 2. The zero-order valence-corrected chi connectivity index (χ0v) is 5.71. The lowest BCUT2D eigenvalue weighted by molar-refractivity contribution is -0.109. The molecule has 0 fully saturated rings. The summed E-state index contributed by atoms with van der Waals surface area (Å²) in [5, 5.41) is 1.77. The molecule has 0 saturated carbocycles. The number of nitrogens with one attached hydrogen (secondary N) is 1. The van der Waals surface area contributed by atoms with Crippen molar-refractivity contribution in [1.82, 2.24) is 5.09 Å². The minimum absolute atomic E-state index is 0.416. The molecular weight excluding hydrogens is 145 g/mol. The standard InChI is InChI=1S/C3H8NO4P/c1-3(2-5)4-9(6,7)8/h2-3H,1H3,(H3,4,6,7,8). The molecular formula is C3H8NO4P. The molecule has 1 atom stereocenters. The van der Waals surface area contributed by atoms with Gasteiger partial charge < -0.3 is 14.6 Å². The highest BCUT2D eigenvalue weighted by Gasteiger charge is 2.14. The maximum Gasteiger partial charge on any atom is 0.400 e. The molecule has 0 amide bonds. The van der Waals surface area contributed by atoms with Gasteiger partial charge in [0.1, 0.15) is 6.29 Å². The number of rotatable bonds is 3. The van der Waals surface area contributed by atoms with Crippen LogP contribution in [0.3, 0.4) is 0 Å². The predicted molar refractivity (Wildman–Crippen MR) is 30.7 cm³/mol. The Hall–Kier alpha value is -0.220. The zero-order valence-electron chi connectivity index (χ0n) is 4.81. The summed E-state index contributed by atoms with van der Waals surface area (Å²) < 4.78 is 10.0. The zero-order chi connectivity index (χ0) is 7.49. The van der Waals surface area contributed by atoms with Gasteiger partial charge in [0.05, 0.1) is 6.04 Å². The Morgan fingerprint density at radius 3 is 2.22 bits per heavy atom. The van der Waals surface area contributed by atoms with Crippen LogP contribution in [0.15, 0.2) is 0 Å². The van der Waals surface area contributed by atoms with Crippen LogP contribution in [0.1, 0.15) is 6.92 Å². The Labute approximate surface area is 52.3 Å². The van der Waals surface area contributed by atoms with Gasteiger partial charge in [0.25, 0.3) is 0 Å². The molecule has 0 aromatic carbocycles. The maximum atomic E-state index is 10.0.